The van der Waals surface area contributed by atoms with Crippen molar-refractivity contribution in [2.24, 2.45) is 0 Å². The number of anilines is 2. The highest BCUT2D eigenvalue weighted by molar-refractivity contribution is 7.71. The van der Waals surface area contributed by atoms with E-state index in [0.29, 0.717) is 12.6 Å². The molecule has 1 aliphatic heterocycles. The number of nitrogens with zero attached hydrogens (tertiary/aromatic N) is 2. The van der Waals surface area contributed by atoms with Gasteiger partial charge in [-0.25, -0.2) is 0 Å². The van der Waals surface area contributed by atoms with Gasteiger partial charge in [0.05, 0.1) is 19.2 Å². The minimum Gasteiger partial charge on any atom is -0.346 e. The van der Waals surface area contributed by atoms with E-state index in [-0.39, 0.29) is 0 Å². The topological polar surface area (TPSA) is 23.6 Å². The molecule has 0 aliphatic carbocycles. The first-order valence-corrected chi connectivity index (χ1v) is 11.4. The van der Waals surface area contributed by atoms with Crippen LogP contribution in [0.5, 0.6) is 0 Å². The van der Waals surface area contributed by atoms with E-state index in [1.165, 1.54) is 11.1 Å². The third-order valence-corrected chi connectivity index (χ3v) is 8.00. The molecule has 0 N–H and O–H groups in total. The molecule has 3 nitrogen and oxygen atoms in total. The van der Waals surface area contributed by atoms with Crippen LogP contribution in [0.2, 0.25) is 0 Å². The summed E-state index contributed by atoms with van der Waals surface area (Å²) in [6.45, 7) is 4.92. The Morgan fingerprint density at radius 2 is 1.11 bits per heavy atom. The van der Waals surface area contributed by atoms with Crippen molar-refractivity contribution in [3.63, 3.8) is 0 Å². The summed E-state index contributed by atoms with van der Waals surface area (Å²) in [5.74, 6) is 0. The third-order valence-electron chi connectivity index (χ3n) is 5.16. The molecule has 138 valence electrons. The van der Waals surface area contributed by atoms with Gasteiger partial charge >= 0.3 is 0 Å². The lowest BCUT2D eigenvalue weighted by Crippen LogP contribution is -2.46. The fraction of sp³-hybridized carbons (Fsp3) is 0.217. The Morgan fingerprint density at radius 1 is 0.667 bits per heavy atom. The minimum absolute atomic E-state index is 0.572. The Kier molecular flexibility index (Phi) is 4.80. The molecule has 0 atom stereocenters. The monoisotopic (exact) mass is 376 g/mol. The highest BCUT2D eigenvalue weighted by atomic mass is 31.2. The molecule has 0 unspecified atom stereocenters. The van der Waals surface area contributed by atoms with E-state index in [0.717, 1.165) is 23.3 Å². The molecule has 0 spiro atoms. The second kappa shape index (κ2) is 7.25. The zero-order valence-electron chi connectivity index (χ0n) is 15.9. The normalized spacial score (nSPS) is 16.4. The van der Waals surface area contributed by atoms with Crippen molar-refractivity contribution in [1.29, 1.82) is 0 Å². The lowest BCUT2D eigenvalue weighted by molar-refractivity contribution is 0.571. The van der Waals surface area contributed by atoms with Crippen molar-refractivity contribution in [2.45, 2.75) is 13.8 Å². The van der Waals surface area contributed by atoms with Crippen molar-refractivity contribution >= 4 is 23.8 Å². The molecule has 3 aromatic rings. The lowest BCUT2D eigenvalue weighted by atomic mass is 10.2. The summed E-state index contributed by atoms with van der Waals surface area (Å²) >= 11 is 0. The first-order valence-electron chi connectivity index (χ1n) is 9.30. The molecule has 0 aromatic heterocycles. The second-order valence-corrected chi connectivity index (χ2v) is 10.3. The second-order valence-electron chi connectivity index (χ2n) is 7.40. The van der Waals surface area contributed by atoms with Crippen LogP contribution in [0.25, 0.3) is 0 Å². The fourth-order valence-electron chi connectivity index (χ4n) is 3.59. The Morgan fingerprint density at radius 3 is 1.56 bits per heavy atom. The Labute approximate surface area is 161 Å². The first-order chi connectivity index (χ1) is 13.0. The van der Waals surface area contributed by atoms with Gasteiger partial charge in [-0.15, -0.1) is 0 Å². The van der Waals surface area contributed by atoms with Crippen molar-refractivity contribution in [1.82, 2.24) is 0 Å². The average Bonchev–Trinajstić information content (AvgIpc) is 2.69. The van der Waals surface area contributed by atoms with Crippen molar-refractivity contribution < 1.29 is 4.57 Å². The van der Waals surface area contributed by atoms with E-state index in [2.05, 4.69) is 72.2 Å². The van der Waals surface area contributed by atoms with E-state index >= 15 is 0 Å². The van der Waals surface area contributed by atoms with Crippen LogP contribution in [0, 0.1) is 13.8 Å². The number of aryl methyl sites for hydroxylation is 2. The maximum atomic E-state index is 14.1. The van der Waals surface area contributed by atoms with Crippen LogP contribution in [0.4, 0.5) is 11.4 Å². The van der Waals surface area contributed by atoms with E-state index in [1.807, 2.05) is 30.3 Å². The predicted molar refractivity (Wildman–Crippen MR) is 116 cm³/mol. The molecule has 1 aliphatic rings. The van der Waals surface area contributed by atoms with Gasteiger partial charge in [0.1, 0.15) is 0 Å². The van der Waals surface area contributed by atoms with Crippen LogP contribution in [0.15, 0.2) is 78.9 Å². The first kappa shape index (κ1) is 17.9. The van der Waals surface area contributed by atoms with Gasteiger partial charge in [0.15, 0.2) is 7.14 Å². The molecule has 1 heterocycles. The average molecular weight is 376 g/mol. The Balaban J connectivity index is 1.73. The molecule has 1 saturated heterocycles. The lowest BCUT2D eigenvalue weighted by Gasteiger charge is -2.42. The van der Waals surface area contributed by atoms with E-state index in [4.69, 9.17) is 0 Å². The van der Waals surface area contributed by atoms with Gasteiger partial charge in [-0.1, -0.05) is 65.7 Å². The predicted octanol–water partition coefficient (Wildman–Crippen LogP) is 5.19. The van der Waals surface area contributed by atoms with Crippen LogP contribution < -0.4 is 15.1 Å². The zero-order valence-corrected chi connectivity index (χ0v) is 16.8. The molecular weight excluding hydrogens is 351 g/mol. The SMILES string of the molecule is Cc1ccc(N2CN(c3ccc(C)cc3)CP(=O)(c3ccccc3)C2)cc1. The van der Waals surface area contributed by atoms with Crippen LogP contribution in [0.3, 0.4) is 0 Å². The van der Waals surface area contributed by atoms with Crippen LogP contribution in [-0.4, -0.2) is 19.2 Å². The summed E-state index contributed by atoms with van der Waals surface area (Å²) in [6.07, 6.45) is 1.14. The molecule has 1 fully saturated rings. The molecule has 3 aromatic carbocycles. The summed E-state index contributed by atoms with van der Waals surface area (Å²) in [5.41, 5.74) is 4.71. The number of rotatable bonds is 3. The largest absolute Gasteiger partial charge is 0.346 e. The van der Waals surface area contributed by atoms with Gasteiger partial charge in [-0.3, -0.25) is 0 Å². The molecular formula is C23H25N2OP. The van der Waals surface area contributed by atoms with E-state index in [9.17, 15) is 4.57 Å². The van der Waals surface area contributed by atoms with Gasteiger partial charge in [-0.05, 0) is 38.1 Å². The number of benzene rings is 3. The van der Waals surface area contributed by atoms with Crippen molar-refractivity contribution in [2.75, 3.05) is 29.0 Å². The smallest absolute Gasteiger partial charge is 0.152 e. The maximum Gasteiger partial charge on any atom is 0.152 e. The standard InChI is InChI=1S/C23H25N2OP/c1-19-8-12-21(13-9-19)24-16-25(22-14-10-20(2)11-15-22)18-27(26,17-24)23-6-4-3-5-7-23/h3-15H,16-18H2,1-2H3. The van der Waals surface area contributed by atoms with Gasteiger partial charge in [0.2, 0.25) is 0 Å². The molecule has 4 heteroatoms. The van der Waals surface area contributed by atoms with Crippen molar-refractivity contribution in [3.8, 4) is 0 Å². The molecule has 0 radical (unpaired) electrons. The molecule has 0 amide bonds. The highest BCUT2D eigenvalue weighted by Gasteiger charge is 2.35. The van der Waals surface area contributed by atoms with Gasteiger partial charge < -0.3 is 14.4 Å². The van der Waals surface area contributed by atoms with Crippen LogP contribution in [0.1, 0.15) is 11.1 Å². The summed E-state index contributed by atoms with van der Waals surface area (Å²) in [4.78, 5) is 4.49. The number of hydrogen-bond donors (Lipinski definition) is 0. The maximum absolute atomic E-state index is 14.1. The highest BCUT2D eigenvalue weighted by Crippen LogP contribution is 2.49. The van der Waals surface area contributed by atoms with Gasteiger partial charge in [0, 0.05) is 16.7 Å². The van der Waals surface area contributed by atoms with Crippen molar-refractivity contribution in [3.05, 3.63) is 90.0 Å². The van der Waals surface area contributed by atoms with Crippen LogP contribution >= 0.6 is 7.14 Å². The third kappa shape index (κ3) is 3.79. The molecule has 0 bridgehead atoms. The summed E-state index contributed by atoms with van der Waals surface area (Å²) < 4.78 is 14.1. The quantitative estimate of drug-likeness (QED) is 0.588. The molecule has 0 saturated carbocycles. The summed E-state index contributed by atoms with van der Waals surface area (Å²) in [5, 5.41) is 0.957. The van der Waals surface area contributed by atoms with Crippen LogP contribution in [-0.2, 0) is 4.57 Å². The molecule has 27 heavy (non-hydrogen) atoms. The minimum atomic E-state index is -2.58. The molecule has 4 rings (SSSR count). The van der Waals surface area contributed by atoms with Gasteiger partial charge in [0.25, 0.3) is 0 Å². The Bertz CT molecular complexity index is 894. The van der Waals surface area contributed by atoms with E-state index in [1.54, 1.807) is 0 Å². The summed E-state index contributed by atoms with van der Waals surface area (Å²) in [6, 6.07) is 26.9. The summed E-state index contributed by atoms with van der Waals surface area (Å²) in [7, 11) is -2.58. The van der Waals surface area contributed by atoms with Gasteiger partial charge in [-0.2, -0.15) is 0 Å². The zero-order chi connectivity index (χ0) is 18.9. The fourth-order valence-corrected chi connectivity index (χ4v) is 6.33. The van der Waals surface area contributed by atoms with E-state index < -0.39 is 7.14 Å². The number of hydrogen-bond acceptors (Lipinski definition) is 3. The Hall–Kier alpha value is -2.51.